The molecule has 1 heterocycles. The number of ether oxygens (including phenoxy) is 2. The number of carbonyl (C=O) groups excluding carboxylic acids is 2. The predicted octanol–water partition coefficient (Wildman–Crippen LogP) is 2.70. The van der Waals surface area contributed by atoms with Gasteiger partial charge in [0.25, 0.3) is 0 Å². The van der Waals surface area contributed by atoms with Crippen LogP contribution in [-0.4, -0.2) is 18.7 Å². The minimum absolute atomic E-state index is 0.142. The average Bonchev–Trinajstić information content (AvgIpc) is 3.02. The van der Waals surface area contributed by atoms with Crippen LogP contribution in [0, 0.1) is 0 Å². The Morgan fingerprint density at radius 1 is 0.958 bits per heavy atom. The molecule has 0 aromatic heterocycles. The molecule has 0 fully saturated rings. The zero-order chi connectivity index (χ0) is 16.9. The van der Waals surface area contributed by atoms with Crippen LogP contribution >= 0.6 is 0 Å². The molecule has 3 rings (SSSR count). The second kappa shape index (κ2) is 6.91. The van der Waals surface area contributed by atoms with Crippen molar-refractivity contribution in [1.82, 2.24) is 5.32 Å². The van der Waals surface area contributed by atoms with E-state index in [1.54, 1.807) is 24.3 Å². The molecule has 0 radical (unpaired) electrons. The number of hydrogen-bond donors (Lipinski definition) is 3. The maximum absolute atomic E-state index is 11.9. The molecule has 1 aliphatic rings. The number of benzene rings is 2. The van der Waals surface area contributed by atoms with Crippen molar-refractivity contribution in [1.29, 1.82) is 0 Å². The third kappa shape index (κ3) is 3.95. The highest BCUT2D eigenvalue weighted by molar-refractivity contribution is 5.91. The quantitative estimate of drug-likeness (QED) is 0.805. The summed E-state index contributed by atoms with van der Waals surface area (Å²) in [6.07, 6.45) is 0. The molecular formula is C17H17N3O4. The number of anilines is 2. The molecule has 0 unspecified atom stereocenters. The Balaban J connectivity index is 1.51. The van der Waals surface area contributed by atoms with E-state index in [1.807, 2.05) is 18.2 Å². The first kappa shape index (κ1) is 15.7. The minimum Gasteiger partial charge on any atom is -0.454 e. The van der Waals surface area contributed by atoms with E-state index in [2.05, 4.69) is 16.0 Å². The second-order valence-electron chi connectivity index (χ2n) is 5.25. The standard InChI is InChI=1S/C17H17N3O4/c1-11(21)19-13-3-5-14(6-4-13)20-17(22)18-9-12-2-7-15-16(8-12)24-10-23-15/h2-8H,9-10H2,1H3,(H,19,21)(H2,18,20,22). The topological polar surface area (TPSA) is 88.7 Å². The fraction of sp³-hybridized carbons (Fsp3) is 0.176. The Bertz CT molecular complexity index is 759. The first-order valence-electron chi connectivity index (χ1n) is 7.41. The molecule has 7 heteroatoms. The summed E-state index contributed by atoms with van der Waals surface area (Å²) in [5, 5.41) is 8.16. The van der Waals surface area contributed by atoms with Gasteiger partial charge in [-0.3, -0.25) is 4.79 Å². The van der Waals surface area contributed by atoms with Gasteiger partial charge in [-0.15, -0.1) is 0 Å². The molecule has 0 bridgehead atoms. The molecule has 2 aromatic rings. The van der Waals surface area contributed by atoms with Crippen LogP contribution in [0.15, 0.2) is 42.5 Å². The van der Waals surface area contributed by atoms with Gasteiger partial charge in [-0.2, -0.15) is 0 Å². The summed E-state index contributed by atoms with van der Waals surface area (Å²) >= 11 is 0. The molecule has 0 atom stereocenters. The van der Waals surface area contributed by atoms with Gasteiger partial charge in [-0.25, -0.2) is 4.79 Å². The smallest absolute Gasteiger partial charge is 0.319 e. The lowest BCUT2D eigenvalue weighted by Crippen LogP contribution is -2.28. The van der Waals surface area contributed by atoms with E-state index in [0.717, 1.165) is 5.56 Å². The Hall–Kier alpha value is -3.22. The summed E-state index contributed by atoms with van der Waals surface area (Å²) in [7, 11) is 0. The zero-order valence-corrected chi connectivity index (χ0v) is 13.1. The van der Waals surface area contributed by atoms with E-state index >= 15 is 0 Å². The molecule has 0 aliphatic carbocycles. The summed E-state index contributed by atoms with van der Waals surface area (Å²) in [5.74, 6) is 1.25. The Morgan fingerprint density at radius 3 is 2.33 bits per heavy atom. The monoisotopic (exact) mass is 327 g/mol. The van der Waals surface area contributed by atoms with E-state index in [0.29, 0.717) is 29.4 Å². The number of nitrogens with one attached hydrogen (secondary N) is 3. The van der Waals surface area contributed by atoms with Crippen LogP contribution in [0.1, 0.15) is 12.5 Å². The van der Waals surface area contributed by atoms with Gasteiger partial charge in [0, 0.05) is 24.8 Å². The summed E-state index contributed by atoms with van der Waals surface area (Å²) in [5.41, 5.74) is 2.22. The van der Waals surface area contributed by atoms with Crippen LogP contribution in [0.25, 0.3) is 0 Å². The van der Waals surface area contributed by atoms with Gasteiger partial charge >= 0.3 is 6.03 Å². The van der Waals surface area contributed by atoms with E-state index in [9.17, 15) is 9.59 Å². The van der Waals surface area contributed by atoms with Crippen LogP contribution in [0.4, 0.5) is 16.2 Å². The number of fused-ring (bicyclic) bond motifs is 1. The SMILES string of the molecule is CC(=O)Nc1ccc(NC(=O)NCc2ccc3c(c2)OCO3)cc1. The lowest BCUT2D eigenvalue weighted by molar-refractivity contribution is -0.114. The molecular weight excluding hydrogens is 310 g/mol. The van der Waals surface area contributed by atoms with E-state index in [-0.39, 0.29) is 18.7 Å². The molecule has 2 aromatic carbocycles. The average molecular weight is 327 g/mol. The van der Waals surface area contributed by atoms with Gasteiger partial charge in [0.1, 0.15) is 0 Å². The Morgan fingerprint density at radius 2 is 1.62 bits per heavy atom. The molecule has 3 N–H and O–H groups in total. The molecule has 0 saturated carbocycles. The number of hydrogen-bond acceptors (Lipinski definition) is 4. The van der Waals surface area contributed by atoms with Gasteiger partial charge in [-0.1, -0.05) is 6.07 Å². The highest BCUT2D eigenvalue weighted by Crippen LogP contribution is 2.32. The zero-order valence-electron chi connectivity index (χ0n) is 13.1. The van der Waals surface area contributed by atoms with Crippen LogP contribution < -0.4 is 25.4 Å². The van der Waals surface area contributed by atoms with E-state index < -0.39 is 0 Å². The Kier molecular flexibility index (Phi) is 4.51. The van der Waals surface area contributed by atoms with Crippen molar-refractivity contribution in [2.45, 2.75) is 13.5 Å². The van der Waals surface area contributed by atoms with Gasteiger partial charge in [-0.05, 0) is 42.0 Å². The number of carbonyl (C=O) groups is 2. The first-order chi connectivity index (χ1) is 11.6. The fourth-order valence-electron chi connectivity index (χ4n) is 2.25. The molecule has 0 saturated heterocycles. The lowest BCUT2D eigenvalue weighted by Gasteiger charge is -2.09. The van der Waals surface area contributed by atoms with Gasteiger partial charge < -0.3 is 25.4 Å². The molecule has 3 amide bonds. The van der Waals surface area contributed by atoms with Crippen molar-refractivity contribution in [3.05, 3.63) is 48.0 Å². The van der Waals surface area contributed by atoms with Crippen molar-refractivity contribution in [3.8, 4) is 11.5 Å². The van der Waals surface area contributed by atoms with Crippen LogP contribution in [0.2, 0.25) is 0 Å². The molecule has 1 aliphatic heterocycles. The minimum atomic E-state index is -0.319. The second-order valence-corrected chi connectivity index (χ2v) is 5.25. The van der Waals surface area contributed by atoms with Crippen molar-refractivity contribution in [2.24, 2.45) is 0 Å². The Labute approximate surface area is 139 Å². The molecule has 124 valence electrons. The third-order valence-electron chi connectivity index (χ3n) is 3.35. The maximum Gasteiger partial charge on any atom is 0.319 e. The largest absolute Gasteiger partial charge is 0.454 e. The fourth-order valence-corrected chi connectivity index (χ4v) is 2.25. The van der Waals surface area contributed by atoms with Gasteiger partial charge in [0.15, 0.2) is 11.5 Å². The van der Waals surface area contributed by atoms with Crippen LogP contribution in [-0.2, 0) is 11.3 Å². The van der Waals surface area contributed by atoms with Gasteiger partial charge in [0.2, 0.25) is 12.7 Å². The van der Waals surface area contributed by atoms with Crippen molar-refractivity contribution in [2.75, 3.05) is 17.4 Å². The lowest BCUT2D eigenvalue weighted by atomic mass is 10.2. The third-order valence-corrected chi connectivity index (χ3v) is 3.35. The van der Waals surface area contributed by atoms with Crippen molar-refractivity contribution < 1.29 is 19.1 Å². The van der Waals surface area contributed by atoms with Crippen LogP contribution in [0.3, 0.4) is 0 Å². The number of urea groups is 1. The first-order valence-corrected chi connectivity index (χ1v) is 7.41. The van der Waals surface area contributed by atoms with Crippen LogP contribution in [0.5, 0.6) is 11.5 Å². The normalized spacial score (nSPS) is 11.7. The summed E-state index contributed by atoms with van der Waals surface area (Å²) in [4.78, 5) is 22.9. The molecule has 7 nitrogen and oxygen atoms in total. The predicted molar refractivity (Wildman–Crippen MR) is 89.2 cm³/mol. The maximum atomic E-state index is 11.9. The highest BCUT2D eigenvalue weighted by Gasteiger charge is 2.13. The number of amides is 3. The van der Waals surface area contributed by atoms with E-state index in [1.165, 1.54) is 6.92 Å². The summed E-state index contributed by atoms with van der Waals surface area (Å²) < 4.78 is 10.5. The molecule has 24 heavy (non-hydrogen) atoms. The van der Waals surface area contributed by atoms with Crippen molar-refractivity contribution in [3.63, 3.8) is 0 Å². The van der Waals surface area contributed by atoms with E-state index in [4.69, 9.17) is 9.47 Å². The number of rotatable bonds is 4. The summed E-state index contributed by atoms with van der Waals surface area (Å²) in [6, 6.07) is 12.1. The molecule has 0 spiro atoms. The van der Waals surface area contributed by atoms with Crippen molar-refractivity contribution >= 4 is 23.3 Å². The summed E-state index contributed by atoms with van der Waals surface area (Å²) in [6.45, 7) is 2.03. The highest BCUT2D eigenvalue weighted by atomic mass is 16.7. The van der Waals surface area contributed by atoms with Gasteiger partial charge in [0.05, 0.1) is 0 Å².